The molecule has 2 aromatic rings. The number of nitrogens with zero attached hydrogens (tertiary/aromatic N) is 3. The van der Waals surface area contributed by atoms with E-state index in [1.165, 1.54) is 6.33 Å². The Morgan fingerprint density at radius 2 is 2.07 bits per heavy atom. The number of rotatable bonds is 1. The molecular weight excluding hydrogens is 202 g/mol. The molecule has 72 valence electrons. The van der Waals surface area contributed by atoms with Crippen molar-refractivity contribution in [2.24, 2.45) is 0 Å². The maximum atomic E-state index is 5.92. The lowest BCUT2D eigenvalue weighted by Gasteiger charge is -2.00. The van der Waals surface area contributed by atoms with Gasteiger partial charge in [0.1, 0.15) is 17.7 Å². The van der Waals surface area contributed by atoms with Crippen LogP contribution in [-0.4, -0.2) is 15.0 Å². The van der Waals surface area contributed by atoms with Crippen molar-refractivity contribution in [2.75, 3.05) is 0 Å². The molecule has 0 saturated carbocycles. The van der Waals surface area contributed by atoms with E-state index in [2.05, 4.69) is 15.0 Å². The van der Waals surface area contributed by atoms with Crippen LogP contribution < -0.4 is 0 Å². The molecule has 0 bridgehead atoms. The minimum atomic E-state index is 0.361. The highest BCUT2D eigenvalue weighted by molar-refractivity contribution is 6.32. The van der Waals surface area contributed by atoms with Gasteiger partial charge in [-0.15, -0.1) is 0 Å². The van der Waals surface area contributed by atoms with Crippen molar-refractivity contribution in [3.63, 3.8) is 0 Å². The summed E-state index contributed by atoms with van der Waals surface area (Å²) in [6.45, 7) is 3.68. The zero-order chi connectivity index (χ0) is 10.1. The lowest BCUT2D eigenvalue weighted by molar-refractivity contribution is 0.572. The summed E-state index contributed by atoms with van der Waals surface area (Å²) in [5, 5.41) is 0.361. The molecule has 0 aliphatic rings. The van der Waals surface area contributed by atoms with Gasteiger partial charge in [0.2, 0.25) is 5.89 Å². The summed E-state index contributed by atoms with van der Waals surface area (Å²) in [7, 11) is 0. The molecule has 0 spiro atoms. The van der Waals surface area contributed by atoms with Gasteiger partial charge in [0.05, 0.1) is 17.0 Å². The van der Waals surface area contributed by atoms with Crippen LogP contribution in [0.5, 0.6) is 0 Å². The van der Waals surface area contributed by atoms with Crippen LogP contribution in [0.25, 0.3) is 11.5 Å². The van der Waals surface area contributed by atoms with Crippen molar-refractivity contribution < 1.29 is 4.42 Å². The van der Waals surface area contributed by atoms with Crippen LogP contribution in [0, 0.1) is 13.8 Å². The second-order valence-corrected chi connectivity index (χ2v) is 3.28. The predicted molar refractivity (Wildman–Crippen MR) is 52.0 cm³/mol. The summed E-state index contributed by atoms with van der Waals surface area (Å²) < 4.78 is 5.24. The van der Waals surface area contributed by atoms with Crippen molar-refractivity contribution in [2.45, 2.75) is 13.8 Å². The standard InChI is InChI=1S/C9H8ClN3O/c1-5-3-14-9(13-5)7-6(2)11-4-12-8(7)10/h3-4H,1-2H3. The first-order chi connectivity index (χ1) is 6.68. The second kappa shape index (κ2) is 3.38. The summed E-state index contributed by atoms with van der Waals surface area (Å²) in [6, 6.07) is 0. The number of oxazole rings is 1. The van der Waals surface area contributed by atoms with E-state index in [1.807, 2.05) is 13.8 Å². The van der Waals surface area contributed by atoms with E-state index in [9.17, 15) is 0 Å². The molecule has 0 unspecified atom stereocenters. The lowest BCUT2D eigenvalue weighted by atomic mass is 10.2. The van der Waals surface area contributed by atoms with E-state index in [1.54, 1.807) is 6.26 Å². The van der Waals surface area contributed by atoms with E-state index in [0.29, 0.717) is 16.6 Å². The first kappa shape index (κ1) is 9.15. The number of aryl methyl sites for hydroxylation is 2. The maximum Gasteiger partial charge on any atom is 0.231 e. The second-order valence-electron chi connectivity index (χ2n) is 2.92. The van der Waals surface area contributed by atoms with E-state index in [0.717, 1.165) is 11.4 Å². The minimum Gasteiger partial charge on any atom is -0.444 e. The normalized spacial score (nSPS) is 10.5. The van der Waals surface area contributed by atoms with Crippen LogP contribution in [0.3, 0.4) is 0 Å². The predicted octanol–water partition coefficient (Wildman–Crippen LogP) is 2.40. The number of hydrogen-bond donors (Lipinski definition) is 0. The highest BCUT2D eigenvalue weighted by atomic mass is 35.5. The summed E-state index contributed by atoms with van der Waals surface area (Å²) in [5.74, 6) is 0.464. The van der Waals surface area contributed by atoms with Crippen molar-refractivity contribution in [3.8, 4) is 11.5 Å². The summed E-state index contributed by atoms with van der Waals surface area (Å²) in [5.41, 5.74) is 2.22. The number of hydrogen-bond acceptors (Lipinski definition) is 4. The smallest absolute Gasteiger partial charge is 0.231 e. The van der Waals surface area contributed by atoms with Crippen molar-refractivity contribution in [1.82, 2.24) is 15.0 Å². The van der Waals surface area contributed by atoms with Gasteiger partial charge >= 0.3 is 0 Å². The Hall–Kier alpha value is -1.42. The summed E-state index contributed by atoms with van der Waals surface area (Å²) in [6.07, 6.45) is 2.98. The Balaban J connectivity index is 2.61. The molecule has 0 aliphatic heterocycles. The van der Waals surface area contributed by atoms with Gasteiger partial charge in [0, 0.05) is 0 Å². The van der Waals surface area contributed by atoms with Crippen LogP contribution >= 0.6 is 11.6 Å². The topological polar surface area (TPSA) is 51.8 Å². The van der Waals surface area contributed by atoms with Gasteiger partial charge in [0.25, 0.3) is 0 Å². The molecule has 0 atom stereocenters. The van der Waals surface area contributed by atoms with Gasteiger partial charge in [-0.3, -0.25) is 0 Å². The van der Waals surface area contributed by atoms with Crippen LogP contribution in [0.1, 0.15) is 11.4 Å². The molecule has 0 radical (unpaired) electrons. The van der Waals surface area contributed by atoms with Gasteiger partial charge < -0.3 is 4.42 Å². The molecule has 2 rings (SSSR count). The molecule has 0 saturated heterocycles. The van der Waals surface area contributed by atoms with E-state index in [-0.39, 0.29) is 0 Å². The fraction of sp³-hybridized carbons (Fsp3) is 0.222. The number of aromatic nitrogens is 3. The van der Waals surface area contributed by atoms with E-state index >= 15 is 0 Å². The molecule has 0 amide bonds. The van der Waals surface area contributed by atoms with Gasteiger partial charge in [-0.2, -0.15) is 0 Å². The molecule has 4 nitrogen and oxygen atoms in total. The van der Waals surface area contributed by atoms with Crippen molar-refractivity contribution in [3.05, 3.63) is 29.1 Å². The van der Waals surface area contributed by atoms with Gasteiger partial charge in [-0.05, 0) is 13.8 Å². The maximum absolute atomic E-state index is 5.92. The Bertz CT molecular complexity index is 447. The summed E-state index contributed by atoms with van der Waals surface area (Å²) in [4.78, 5) is 12.1. The molecule has 2 heterocycles. The first-order valence-corrected chi connectivity index (χ1v) is 4.46. The lowest BCUT2D eigenvalue weighted by Crippen LogP contribution is -1.91. The Kier molecular flexibility index (Phi) is 2.21. The van der Waals surface area contributed by atoms with Crippen LogP contribution in [0.15, 0.2) is 17.0 Å². The van der Waals surface area contributed by atoms with Crippen LogP contribution in [0.4, 0.5) is 0 Å². The third-order valence-corrected chi connectivity index (χ3v) is 2.11. The van der Waals surface area contributed by atoms with Crippen molar-refractivity contribution in [1.29, 1.82) is 0 Å². The monoisotopic (exact) mass is 209 g/mol. The average molecular weight is 210 g/mol. The molecule has 0 aliphatic carbocycles. The quantitative estimate of drug-likeness (QED) is 0.677. The fourth-order valence-corrected chi connectivity index (χ4v) is 1.42. The fourth-order valence-electron chi connectivity index (χ4n) is 1.16. The zero-order valence-corrected chi connectivity index (χ0v) is 8.54. The van der Waals surface area contributed by atoms with E-state index < -0.39 is 0 Å². The van der Waals surface area contributed by atoms with Gasteiger partial charge in [0.15, 0.2) is 0 Å². The highest BCUT2D eigenvalue weighted by Gasteiger charge is 2.13. The molecule has 0 N–H and O–H groups in total. The van der Waals surface area contributed by atoms with Crippen LogP contribution in [-0.2, 0) is 0 Å². The van der Waals surface area contributed by atoms with Gasteiger partial charge in [-0.25, -0.2) is 15.0 Å². The third kappa shape index (κ3) is 1.48. The van der Waals surface area contributed by atoms with Gasteiger partial charge in [-0.1, -0.05) is 11.6 Å². The largest absolute Gasteiger partial charge is 0.444 e. The van der Waals surface area contributed by atoms with Crippen LogP contribution in [0.2, 0.25) is 5.15 Å². The molecule has 5 heteroatoms. The molecule has 14 heavy (non-hydrogen) atoms. The minimum absolute atomic E-state index is 0.361. The SMILES string of the molecule is Cc1coc(-c2c(C)ncnc2Cl)n1. The Labute approximate surface area is 86.0 Å². The first-order valence-electron chi connectivity index (χ1n) is 4.08. The van der Waals surface area contributed by atoms with E-state index in [4.69, 9.17) is 16.0 Å². The molecular formula is C9H8ClN3O. The highest BCUT2D eigenvalue weighted by Crippen LogP contribution is 2.27. The zero-order valence-electron chi connectivity index (χ0n) is 7.78. The molecule has 0 fully saturated rings. The number of halogens is 1. The van der Waals surface area contributed by atoms with Crippen molar-refractivity contribution >= 4 is 11.6 Å². The Morgan fingerprint density at radius 3 is 2.64 bits per heavy atom. The average Bonchev–Trinajstić information content (AvgIpc) is 2.51. The molecule has 2 aromatic heterocycles. The summed E-state index contributed by atoms with van der Waals surface area (Å²) >= 11 is 5.92. The third-order valence-electron chi connectivity index (χ3n) is 1.82. The Morgan fingerprint density at radius 1 is 1.29 bits per heavy atom. The molecule has 0 aromatic carbocycles.